The number of phenolic OH excluding ortho intramolecular Hbond substituents is 3. The highest BCUT2D eigenvalue weighted by atomic mass is 16.7. The maximum Gasteiger partial charge on any atom is 0.232 e. The molecule has 0 unspecified atom stereocenters. The minimum absolute atomic E-state index is 0.0565. The maximum absolute atomic E-state index is 14.1. The number of benzene rings is 2. The van der Waals surface area contributed by atoms with Crippen LogP contribution >= 0.6 is 0 Å². The molecule has 15 heteroatoms. The molecule has 1 aliphatic carbocycles. The Morgan fingerprint density at radius 1 is 0.833 bits per heavy atom. The normalized spacial score (nSPS) is 32.7. The van der Waals surface area contributed by atoms with Gasteiger partial charge in [0.1, 0.15) is 60.0 Å². The molecule has 2 heterocycles. The Morgan fingerprint density at radius 3 is 2.10 bits per heavy atom. The van der Waals surface area contributed by atoms with Crippen molar-refractivity contribution in [2.75, 3.05) is 6.61 Å². The number of ketones is 1. The lowest BCUT2D eigenvalue weighted by molar-refractivity contribution is -0.323. The second-order valence-electron chi connectivity index (χ2n) is 13.0. The van der Waals surface area contributed by atoms with Gasteiger partial charge in [-0.05, 0) is 62.4 Å². The van der Waals surface area contributed by atoms with Gasteiger partial charge in [0.2, 0.25) is 12.1 Å². The number of fused-ring (bicyclic) bond motifs is 1. The lowest BCUT2D eigenvalue weighted by atomic mass is 9.81. The van der Waals surface area contributed by atoms with E-state index in [0.717, 1.165) is 6.07 Å². The molecule has 10 N–H and O–H groups in total. The zero-order valence-corrected chi connectivity index (χ0v) is 26.5. The second kappa shape index (κ2) is 13.9. The van der Waals surface area contributed by atoms with Crippen molar-refractivity contribution in [2.45, 2.75) is 107 Å². The van der Waals surface area contributed by atoms with Crippen molar-refractivity contribution in [1.82, 2.24) is 0 Å². The molecule has 15 nitrogen and oxygen atoms in total. The van der Waals surface area contributed by atoms with Gasteiger partial charge in [0.15, 0.2) is 12.0 Å². The van der Waals surface area contributed by atoms with E-state index in [2.05, 4.69) is 0 Å². The van der Waals surface area contributed by atoms with Crippen LogP contribution in [0.2, 0.25) is 0 Å². The van der Waals surface area contributed by atoms with E-state index in [-0.39, 0.29) is 58.8 Å². The summed E-state index contributed by atoms with van der Waals surface area (Å²) in [7, 11) is 0. The third-order valence-electron chi connectivity index (χ3n) is 9.08. The van der Waals surface area contributed by atoms with Crippen molar-refractivity contribution < 1.29 is 74.8 Å². The Hall–Kier alpha value is -3.35. The summed E-state index contributed by atoms with van der Waals surface area (Å²) in [6, 6.07) is 6.81. The molecule has 2 aliphatic heterocycles. The Labute approximate surface area is 275 Å². The largest absolute Gasteiger partial charge is 0.508 e. The number of Topliss-reactive ketones (excluding diaryl/α,β-unsaturated/α-hetero) is 1. The molecule has 2 saturated heterocycles. The summed E-state index contributed by atoms with van der Waals surface area (Å²) in [6.45, 7) is 4.12. The van der Waals surface area contributed by atoms with Crippen LogP contribution in [0, 0.1) is 0 Å². The smallest absolute Gasteiger partial charge is 0.232 e. The monoisotopic (exact) mass is 678 g/mol. The standard InChI is InChI=1S/C33H42O15/c1-13-23(38)26(41)28(43)31(45-13)47-30-17(14-4-6-15(35)7-5-14)10-18-16(19(36)11-20(37)22(18)25(30)40)8-9-33(2,3)48-32-29(44)27(42)24(39)21(12-34)46-32/h4-7,11,13,21,23-24,26-29,31-32,34-39,41-44H,8-10,12H2,1-3H3/t13-,21-,23+,24-,26-,27-,28-,29-,31+,32+/m1/s1. The van der Waals surface area contributed by atoms with E-state index in [1.807, 2.05) is 0 Å². The number of aliphatic hydroxyl groups is 7. The van der Waals surface area contributed by atoms with Gasteiger partial charge in [0, 0.05) is 18.1 Å². The van der Waals surface area contributed by atoms with Crippen molar-refractivity contribution in [1.29, 1.82) is 0 Å². The first kappa shape index (κ1) is 35.9. The SMILES string of the molecule is C[C@H]1O[C@@H](OC2=C(c3ccc(O)cc3)Cc3c(CCC(C)(C)O[C@@H]4O[C@H](CO)[C@@H](O)[C@@H](O)[C@H]4O)c(O)cc(O)c3C2=O)[C@H](O)[C@H](O)[C@H]1O. The van der Waals surface area contributed by atoms with Gasteiger partial charge in [-0.15, -0.1) is 0 Å². The lowest BCUT2D eigenvalue weighted by Crippen LogP contribution is -2.60. The van der Waals surface area contributed by atoms with Gasteiger partial charge in [0.05, 0.1) is 23.9 Å². The molecule has 48 heavy (non-hydrogen) atoms. The third-order valence-corrected chi connectivity index (χ3v) is 9.08. The average Bonchev–Trinajstić information content (AvgIpc) is 3.03. The fourth-order valence-electron chi connectivity index (χ4n) is 6.20. The van der Waals surface area contributed by atoms with Gasteiger partial charge in [-0.2, -0.15) is 0 Å². The van der Waals surface area contributed by atoms with Gasteiger partial charge in [-0.25, -0.2) is 0 Å². The van der Waals surface area contributed by atoms with Crippen LogP contribution in [0.3, 0.4) is 0 Å². The third kappa shape index (κ3) is 6.89. The topological polar surface area (TPSA) is 256 Å². The summed E-state index contributed by atoms with van der Waals surface area (Å²) in [5.41, 5.74) is -0.0970. The van der Waals surface area contributed by atoms with Gasteiger partial charge in [-0.3, -0.25) is 4.79 Å². The highest BCUT2D eigenvalue weighted by molar-refractivity contribution is 6.16. The fraction of sp³-hybridized carbons (Fsp3) is 0.545. The van der Waals surface area contributed by atoms with E-state index < -0.39 is 85.2 Å². The number of carbonyl (C=O) groups is 1. The molecule has 2 fully saturated rings. The molecule has 0 bridgehead atoms. The van der Waals surface area contributed by atoms with Crippen LogP contribution in [0.5, 0.6) is 17.2 Å². The van der Waals surface area contributed by atoms with Crippen LogP contribution in [0.4, 0.5) is 0 Å². The molecule has 0 saturated carbocycles. The molecule has 3 aliphatic rings. The minimum atomic E-state index is -1.74. The molecule has 0 radical (unpaired) electrons. The predicted molar refractivity (Wildman–Crippen MR) is 164 cm³/mol. The Bertz CT molecular complexity index is 1520. The van der Waals surface area contributed by atoms with E-state index in [4.69, 9.17) is 18.9 Å². The summed E-state index contributed by atoms with van der Waals surface area (Å²) in [6.07, 6.45) is -14.7. The van der Waals surface area contributed by atoms with Crippen molar-refractivity contribution >= 4 is 11.4 Å². The summed E-state index contributed by atoms with van der Waals surface area (Å²) in [4.78, 5) is 14.1. The highest BCUT2D eigenvalue weighted by Crippen LogP contribution is 2.44. The van der Waals surface area contributed by atoms with Crippen molar-refractivity contribution in [3.8, 4) is 17.2 Å². The number of hydrogen-bond donors (Lipinski definition) is 10. The minimum Gasteiger partial charge on any atom is -0.508 e. The van der Waals surface area contributed by atoms with E-state index in [1.54, 1.807) is 13.8 Å². The Morgan fingerprint density at radius 2 is 1.46 bits per heavy atom. The second-order valence-corrected chi connectivity index (χ2v) is 13.0. The molecule has 264 valence electrons. The van der Waals surface area contributed by atoms with Crippen molar-refractivity contribution in [3.63, 3.8) is 0 Å². The molecule has 0 spiro atoms. The van der Waals surface area contributed by atoms with Crippen molar-refractivity contribution in [2.24, 2.45) is 0 Å². The number of carbonyl (C=O) groups excluding carboxylic acids is 1. The molecule has 10 atom stereocenters. The van der Waals surface area contributed by atoms with Gasteiger partial charge in [0.25, 0.3) is 0 Å². The van der Waals surface area contributed by atoms with Crippen LogP contribution in [0.25, 0.3) is 5.57 Å². The van der Waals surface area contributed by atoms with Gasteiger partial charge < -0.3 is 70.0 Å². The Kier molecular flexibility index (Phi) is 10.4. The highest BCUT2D eigenvalue weighted by Gasteiger charge is 2.47. The van der Waals surface area contributed by atoms with Crippen LogP contribution in [-0.4, -0.2) is 130 Å². The summed E-state index contributed by atoms with van der Waals surface area (Å²) in [5.74, 6) is -2.08. The predicted octanol–water partition coefficient (Wildman–Crippen LogP) is -0.675. The van der Waals surface area contributed by atoms with E-state index in [0.29, 0.717) is 5.56 Å². The van der Waals surface area contributed by atoms with Crippen LogP contribution < -0.4 is 0 Å². The van der Waals surface area contributed by atoms with E-state index in [9.17, 15) is 55.9 Å². The number of phenols is 3. The van der Waals surface area contributed by atoms with Crippen LogP contribution in [0.15, 0.2) is 36.1 Å². The van der Waals surface area contributed by atoms with E-state index >= 15 is 0 Å². The summed E-state index contributed by atoms with van der Waals surface area (Å²) < 4.78 is 22.9. The molecule has 5 rings (SSSR count). The molecular weight excluding hydrogens is 636 g/mol. The lowest BCUT2D eigenvalue weighted by Gasteiger charge is -2.42. The molecule has 2 aromatic rings. The van der Waals surface area contributed by atoms with Crippen LogP contribution in [-0.2, 0) is 31.8 Å². The maximum atomic E-state index is 14.1. The first-order chi connectivity index (χ1) is 22.5. The summed E-state index contributed by atoms with van der Waals surface area (Å²) >= 11 is 0. The number of allylic oxidation sites excluding steroid dienone is 2. The first-order valence-electron chi connectivity index (χ1n) is 15.5. The Balaban J connectivity index is 1.47. The van der Waals surface area contributed by atoms with Gasteiger partial charge >= 0.3 is 0 Å². The van der Waals surface area contributed by atoms with E-state index in [1.165, 1.54) is 31.2 Å². The van der Waals surface area contributed by atoms with Crippen LogP contribution in [0.1, 0.15) is 54.2 Å². The van der Waals surface area contributed by atoms with Gasteiger partial charge in [-0.1, -0.05) is 12.1 Å². The number of hydrogen-bond acceptors (Lipinski definition) is 15. The molecule has 0 aromatic heterocycles. The molecule has 0 amide bonds. The zero-order valence-electron chi connectivity index (χ0n) is 26.5. The fourth-order valence-corrected chi connectivity index (χ4v) is 6.20. The molecule has 2 aromatic carbocycles. The van der Waals surface area contributed by atoms with Crippen molar-refractivity contribution in [3.05, 3.63) is 58.3 Å². The number of aromatic hydroxyl groups is 3. The number of rotatable bonds is 9. The zero-order chi connectivity index (χ0) is 35.2. The molecular formula is C33H42O15. The number of ether oxygens (including phenoxy) is 4. The quantitative estimate of drug-likeness (QED) is 0.158. The number of aliphatic hydroxyl groups excluding tert-OH is 7. The average molecular weight is 679 g/mol. The first-order valence-corrected chi connectivity index (χ1v) is 15.5. The summed E-state index contributed by atoms with van der Waals surface area (Å²) in [5, 5.41) is 103.